The van der Waals surface area contributed by atoms with Gasteiger partial charge in [-0.1, -0.05) is 51.1 Å². The van der Waals surface area contributed by atoms with Crippen molar-refractivity contribution in [3.63, 3.8) is 0 Å². The number of nitrogens with zero attached hydrogens (tertiary/aromatic N) is 1. The molecule has 0 radical (unpaired) electrons. The molecular weight excluding hydrogens is 302 g/mol. The van der Waals surface area contributed by atoms with E-state index in [2.05, 4.69) is 41.7 Å². The zero-order valence-corrected chi connectivity index (χ0v) is 13.0. The van der Waals surface area contributed by atoms with E-state index in [1.807, 2.05) is 42.5 Å². The molecule has 2 aromatic rings. The highest BCUT2D eigenvalue weighted by molar-refractivity contribution is 9.10. The lowest BCUT2D eigenvalue weighted by atomic mass is 9.87. The van der Waals surface area contributed by atoms with E-state index >= 15 is 0 Å². The van der Waals surface area contributed by atoms with Crippen molar-refractivity contribution in [3.05, 3.63) is 63.9 Å². The maximum Gasteiger partial charge on any atom is 0.121 e. The molecule has 1 atom stereocenters. The van der Waals surface area contributed by atoms with Gasteiger partial charge in [-0.15, -0.1) is 0 Å². The molecule has 2 nitrogen and oxygen atoms in total. The fraction of sp³-hybridized carbons (Fsp3) is 0.312. The van der Waals surface area contributed by atoms with Crippen molar-refractivity contribution in [3.8, 4) is 0 Å². The minimum absolute atomic E-state index is 0.0244. The summed E-state index contributed by atoms with van der Waals surface area (Å²) in [6, 6.07) is 13.6. The monoisotopic (exact) mass is 319 g/mol. The average molecular weight is 320 g/mol. The summed E-state index contributed by atoms with van der Waals surface area (Å²) >= 11 is 3.42. The highest BCUT2D eigenvalue weighted by atomic mass is 79.9. The highest BCUT2D eigenvalue weighted by Gasteiger charge is 2.19. The molecule has 0 fully saturated rings. The minimum atomic E-state index is -0.695. The molecule has 1 unspecified atom stereocenters. The van der Waals surface area contributed by atoms with Crippen LogP contribution in [0.1, 0.15) is 43.7 Å². The molecule has 1 heterocycles. The summed E-state index contributed by atoms with van der Waals surface area (Å²) in [5.74, 6) is 0. The summed E-state index contributed by atoms with van der Waals surface area (Å²) < 4.78 is 0.755. The first-order valence-corrected chi connectivity index (χ1v) is 7.08. The van der Waals surface area contributed by atoms with Crippen molar-refractivity contribution in [2.45, 2.75) is 32.3 Å². The molecule has 0 bridgehead atoms. The summed E-state index contributed by atoms with van der Waals surface area (Å²) in [6.07, 6.45) is -0.695. The van der Waals surface area contributed by atoms with Gasteiger partial charge >= 0.3 is 0 Å². The number of aliphatic hydroxyl groups is 1. The van der Waals surface area contributed by atoms with Gasteiger partial charge in [-0.25, -0.2) is 4.98 Å². The van der Waals surface area contributed by atoms with E-state index in [1.54, 1.807) is 0 Å². The van der Waals surface area contributed by atoms with Crippen molar-refractivity contribution in [1.82, 2.24) is 4.98 Å². The van der Waals surface area contributed by atoms with Crippen LogP contribution in [0.4, 0.5) is 0 Å². The number of halogens is 1. The van der Waals surface area contributed by atoms with Gasteiger partial charge in [0.15, 0.2) is 0 Å². The van der Waals surface area contributed by atoms with Crippen molar-refractivity contribution in [1.29, 1.82) is 0 Å². The highest BCUT2D eigenvalue weighted by Crippen LogP contribution is 2.29. The van der Waals surface area contributed by atoms with Crippen LogP contribution in [0, 0.1) is 0 Å². The van der Waals surface area contributed by atoms with E-state index in [9.17, 15) is 5.11 Å². The molecule has 0 saturated heterocycles. The van der Waals surface area contributed by atoms with Crippen LogP contribution >= 0.6 is 15.9 Å². The SMILES string of the molecule is CC(C)(C)c1cc(Br)nc(C(O)c2ccccc2)c1. The van der Waals surface area contributed by atoms with E-state index < -0.39 is 6.10 Å². The molecular formula is C16H18BrNO. The summed E-state index contributed by atoms with van der Waals surface area (Å²) in [5.41, 5.74) is 2.70. The standard InChI is InChI=1S/C16H18BrNO/c1-16(2,3)12-9-13(18-14(17)10-12)15(19)11-7-5-4-6-8-11/h4-10,15,19H,1-3H3. The Labute approximate surface area is 122 Å². The molecule has 0 spiro atoms. The van der Waals surface area contributed by atoms with Gasteiger partial charge < -0.3 is 5.11 Å². The lowest BCUT2D eigenvalue weighted by Crippen LogP contribution is -2.13. The second kappa shape index (κ2) is 5.43. The van der Waals surface area contributed by atoms with Gasteiger partial charge in [0.25, 0.3) is 0 Å². The van der Waals surface area contributed by atoms with E-state index in [0.29, 0.717) is 5.69 Å². The molecule has 1 aromatic heterocycles. The van der Waals surface area contributed by atoms with E-state index in [-0.39, 0.29) is 5.41 Å². The third-order valence-electron chi connectivity index (χ3n) is 3.08. The molecule has 0 aliphatic carbocycles. The van der Waals surface area contributed by atoms with Gasteiger partial charge in [0.1, 0.15) is 10.7 Å². The van der Waals surface area contributed by atoms with E-state index in [0.717, 1.165) is 15.7 Å². The molecule has 100 valence electrons. The van der Waals surface area contributed by atoms with Crippen LogP contribution < -0.4 is 0 Å². The Hall–Kier alpha value is -1.19. The van der Waals surface area contributed by atoms with Crippen LogP contribution in [0.5, 0.6) is 0 Å². The lowest BCUT2D eigenvalue weighted by molar-refractivity contribution is 0.215. The summed E-state index contributed by atoms with van der Waals surface area (Å²) in [5, 5.41) is 10.4. The number of hydrogen-bond acceptors (Lipinski definition) is 2. The maximum absolute atomic E-state index is 10.4. The second-order valence-corrected chi connectivity index (χ2v) is 6.48. The van der Waals surface area contributed by atoms with Gasteiger partial charge in [-0.2, -0.15) is 0 Å². The molecule has 0 aliphatic heterocycles. The maximum atomic E-state index is 10.4. The predicted molar refractivity (Wildman–Crippen MR) is 81.1 cm³/mol. The van der Waals surface area contributed by atoms with E-state index in [4.69, 9.17) is 0 Å². The van der Waals surface area contributed by atoms with Crippen LogP contribution in [0.3, 0.4) is 0 Å². The third kappa shape index (κ3) is 3.43. The molecule has 3 heteroatoms. The first kappa shape index (κ1) is 14.2. The number of hydrogen-bond donors (Lipinski definition) is 1. The number of pyridine rings is 1. The van der Waals surface area contributed by atoms with E-state index in [1.165, 1.54) is 0 Å². The van der Waals surface area contributed by atoms with Crippen molar-refractivity contribution in [2.24, 2.45) is 0 Å². The smallest absolute Gasteiger partial charge is 0.121 e. The molecule has 1 N–H and O–H groups in total. The largest absolute Gasteiger partial charge is 0.382 e. The van der Waals surface area contributed by atoms with Crippen molar-refractivity contribution >= 4 is 15.9 Å². The molecule has 2 rings (SSSR count). The predicted octanol–water partition coefficient (Wildman–Crippen LogP) is 4.22. The Kier molecular flexibility index (Phi) is 4.07. The number of aliphatic hydroxyl groups excluding tert-OH is 1. The van der Waals surface area contributed by atoms with Crippen LogP contribution in [-0.2, 0) is 5.41 Å². The zero-order valence-electron chi connectivity index (χ0n) is 11.4. The molecule has 0 amide bonds. The van der Waals surface area contributed by atoms with Gasteiger partial charge in [0, 0.05) is 0 Å². The van der Waals surface area contributed by atoms with Crippen LogP contribution in [0.25, 0.3) is 0 Å². The van der Waals surface area contributed by atoms with Crippen LogP contribution in [-0.4, -0.2) is 10.1 Å². The normalized spacial score (nSPS) is 13.3. The van der Waals surface area contributed by atoms with Gasteiger partial charge in [0.05, 0.1) is 5.69 Å². The molecule has 1 aromatic carbocycles. The molecule has 0 saturated carbocycles. The van der Waals surface area contributed by atoms with Gasteiger partial charge in [-0.05, 0) is 44.6 Å². The number of rotatable bonds is 2. The molecule has 0 aliphatic rings. The minimum Gasteiger partial charge on any atom is -0.382 e. The topological polar surface area (TPSA) is 33.1 Å². The third-order valence-corrected chi connectivity index (χ3v) is 3.48. The van der Waals surface area contributed by atoms with Crippen molar-refractivity contribution in [2.75, 3.05) is 0 Å². The Balaban J connectivity index is 2.43. The Morgan fingerprint density at radius 2 is 1.74 bits per heavy atom. The number of aromatic nitrogens is 1. The Morgan fingerprint density at radius 3 is 2.32 bits per heavy atom. The second-order valence-electron chi connectivity index (χ2n) is 5.67. The van der Waals surface area contributed by atoms with Gasteiger partial charge in [0.2, 0.25) is 0 Å². The van der Waals surface area contributed by atoms with Crippen molar-refractivity contribution < 1.29 is 5.11 Å². The van der Waals surface area contributed by atoms with Crippen LogP contribution in [0.2, 0.25) is 0 Å². The zero-order chi connectivity index (χ0) is 14.0. The first-order chi connectivity index (χ1) is 8.88. The van der Waals surface area contributed by atoms with Gasteiger partial charge in [-0.3, -0.25) is 0 Å². The summed E-state index contributed by atoms with van der Waals surface area (Å²) in [4.78, 5) is 4.39. The lowest BCUT2D eigenvalue weighted by Gasteiger charge is -2.21. The first-order valence-electron chi connectivity index (χ1n) is 6.29. The van der Waals surface area contributed by atoms with Crippen LogP contribution in [0.15, 0.2) is 47.1 Å². The quantitative estimate of drug-likeness (QED) is 0.840. The summed E-state index contributed by atoms with van der Waals surface area (Å²) in [7, 11) is 0. The Morgan fingerprint density at radius 1 is 1.11 bits per heavy atom. The average Bonchev–Trinajstić information content (AvgIpc) is 2.37. The molecule has 19 heavy (non-hydrogen) atoms. The fourth-order valence-electron chi connectivity index (χ4n) is 1.90. The fourth-order valence-corrected chi connectivity index (χ4v) is 2.35. The Bertz CT molecular complexity index is 561. The number of benzene rings is 1. The summed E-state index contributed by atoms with van der Waals surface area (Å²) in [6.45, 7) is 6.44.